The maximum Gasteiger partial charge on any atom is 0.314 e. The monoisotopic (exact) mass is 292 g/mol. The Kier molecular flexibility index (Phi) is 7.12. The first-order valence-electron chi connectivity index (χ1n) is 7.15. The molecule has 0 aliphatic rings. The van der Waals surface area contributed by atoms with E-state index in [2.05, 4.69) is 0 Å². The van der Waals surface area contributed by atoms with Gasteiger partial charge in [0, 0.05) is 0 Å². The minimum absolute atomic E-state index is 0.0887. The summed E-state index contributed by atoms with van der Waals surface area (Å²) in [7, 11) is 0. The zero-order valence-electron chi connectivity index (χ0n) is 12.9. The zero-order valence-corrected chi connectivity index (χ0v) is 12.9. The van der Waals surface area contributed by atoms with Gasteiger partial charge in [-0.3, -0.25) is 4.79 Å². The van der Waals surface area contributed by atoms with Gasteiger partial charge in [-0.05, 0) is 26.3 Å². The van der Waals surface area contributed by atoms with E-state index in [0.717, 1.165) is 5.56 Å². The molecule has 0 aliphatic carbocycles. The molecule has 0 aliphatic heterocycles. The second-order valence-corrected chi connectivity index (χ2v) is 5.23. The summed E-state index contributed by atoms with van der Waals surface area (Å²) in [5.74, 6) is -0.314. The van der Waals surface area contributed by atoms with Crippen LogP contribution < -0.4 is 0 Å². The summed E-state index contributed by atoms with van der Waals surface area (Å²) in [5, 5.41) is 8.94. The Balaban J connectivity index is 2.89. The predicted molar refractivity (Wildman–Crippen MR) is 82.7 cm³/mol. The molecule has 0 fully saturated rings. The van der Waals surface area contributed by atoms with Gasteiger partial charge in [0.25, 0.3) is 0 Å². The maximum atomic E-state index is 12.1. The van der Waals surface area contributed by atoms with Gasteiger partial charge in [0.1, 0.15) is 0 Å². The largest absolute Gasteiger partial charge is 0.465 e. The van der Waals surface area contributed by atoms with Crippen molar-refractivity contribution in [1.29, 1.82) is 0 Å². The number of hydrogen-bond acceptors (Lipinski definition) is 4. The lowest BCUT2D eigenvalue weighted by Gasteiger charge is -2.29. The number of aliphatic hydroxyl groups is 1. The van der Waals surface area contributed by atoms with Gasteiger partial charge in [-0.1, -0.05) is 42.5 Å². The standard InChI is InChI=1S/C17H24O4/c1-4-20-16(19)17(2,3)15(21-13-12-18)11-10-14-8-6-5-7-9-14/h5-11,15,18H,4,12-13H2,1-3H3/b11-10+/t15-/m0/s1. The van der Waals surface area contributed by atoms with Crippen LogP contribution in [-0.4, -0.2) is 37.0 Å². The number of hydrogen-bond donors (Lipinski definition) is 1. The van der Waals surface area contributed by atoms with E-state index in [1.807, 2.05) is 42.5 Å². The summed E-state index contributed by atoms with van der Waals surface area (Å²) in [6, 6.07) is 9.77. The molecule has 116 valence electrons. The van der Waals surface area contributed by atoms with Crippen molar-refractivity contribution in [3.8, 4) is 0 Å². The topological polar surface area (TPSA) is 55.8 Å². The fraction of sp³-hybridized carbons (Fsp3) is 0.471. The average Bonchev–Trinajstić information content (AvgIpc) is 2.48. The number of esters is 1. The summed E-state index contributed by atoms with van der Waals surface area (Å²) >= 11 is 0. The molecule has 1 aromatic carbocycles. The SMILES string of the molecule is CCOC(=O)C(C)(C)[C@H](/C=C/c1ccccc1)OCCO. The molecule has 0 saturated heterocycles. The summed E-state index contributed by atoms with van der Waals surface area (Å²) in [6.07, 6.45) is 3.27. The van der Waals surface area contributed by atoms with Crippen LogP contribution in [0.1, 0.15) is 26.3 Å². The van der Waals surface area contributed by atoms with Crippen LogP contribution in [0.25, 0.3) is 6.08 Å². The normalized spacial score (nSPS) is 13.3. The number of carbonyl (C=O) groups is 1. The van der Waals surface area contributed by atoms with E-state index in [1.54, 1.807) is 20.8 Å². The van der Waals surface area contributed by atoms with Crippen molar-refractivity contribution < 1.29 is 19.4 Å². The van der Waals surface area contributed by atoms with Crippen molar-refractivity contribution >= 4 is 12.0 Å². The Labute approximate surface area is 126 Å². The third kappa shape index (κ3) is 5.33. The minimum atomic E-state index is -0.823. The van der Waals surface area contributed by atoms with Crippen molar-refractivity contribution in [3.05, 3.63) is 42.0 Å². The highest BCUT2D eigenvalue weighted by atomic mass is 16.5. The first-order valence-corrected chi connectivity index (χ1v) is 7.15. The van der Waals surface area contributed by atoms with Gasteiger partial charge in [-0.2, -0.15) is 0 Å². The summed E-state index contributed by atoms with van der Waals surface area (Å²) in [5.41, 5.74) is 0.200. The molecule has 0 unspecified atom stereocenters. The molecular weight excluding hydrogens is 268 g/mol. The lowest BCUT2D eigenvalue weighted by Crippen LogP contribution is -2.39. The second kappa shape index (κ2) is 8.60. The van der Waals surface area contributed by atoms with Gasteiger partial charge >= 0.3 is 5.97 Å². The van der Waals surface area contributed by atoms with Gasteiger partial charge in [0.15, 0.2) is 0 Å². The van der Waals surface area contributed by atoms with Crippen molar-refractivity contribution in [2.45, 2.75) is 26.9 Å². The highest BCUT2D eigenvalue weighted by Gasteiger charge is 2.37. The van der Waals surface area contributed by atoms with Gasteiger partial charge in [0.2, 0.25) is 0 Å². The number of carbonyl (C=O) groups excluding carboxylic acids is 1. The van der Waals surface area contributed by atoms with E-state index < -0.39 is 11.5 Å². The number of aliphatic hydroxyl groups excluding tert-OH is 1. The average molecular weight is 292 g/mol. The molecule has 1 rings (SSSR count). The molecule has 0 spiro atoms. The van der Waals surface area contributed by atoms with Crippen molar-refractivity contribution in [1.82, 2.24) is 0 Å². The quantitative estimate of drug-likeness (QED) is 0.748. The van der Waals surface area contributed by atoms with E-state index in [0.29, 0.717) is 6.61 Å². The first kappa shape index (κ1) is 17.4. The Morgan fingerprint density at radius 1 is 1.33 bits per heavy atom. The Morgan fingerprint density at radius 2 is 2.00 bits per heavy atom. The van der Waals surface area contributed by atoms with Crippen molar-refractivity contribution in [3.63, 3.8) is 0 Å². The van der Waals surface area contributed by atoms with Crippen LogP contribution in [0.5, 0.6) is 0 Å². The van der Waals surface area contributed by atoms with Gasteiger partial charge in [-0.15, -0.1) is 0 Å². The van der Waals surface area contributed by atoms with Gasteiger partial charge in [-0.25, -0.2) is 0 Å². The smallest absolute Gasteiger partial charge is 0.314 e. The molecule has 0 aromatic heterocycles. The molecule has 0 heterocycles. The molecule has 1 N–H and O–H groups in total. The molecule has 4 nitrogen and oxygen atoms in total. The predicted octanol–water partition coefficient (Wildman–Crippen LogP) is 2.67. The number of benzene rings is 1. The second-order valence-electron chi connectivity index (χ2n) is 5.23. The molecule has 1 aromatic rings. The number of ether oxygens (including phenoxy) is 2. The third-order valence-corrected chi connectivity index (χ3v) is 3.16. The van der Waals surface area contributed by atoms with E-state index in [1.165, 1.54) is 0 Å². The fourth-order valence-corrected chi connectivity index (χ4v) is 1.88. The minimum Gasteiger partial charge on any atom is -0.465 e. The first-order chi connectivity index (χ1) is 10.0. The van der Waals surface area contributed by atoms with Crippen LogP contribution in [0.3, 0.4) is 0 Å². The van der Waals surface area contributed by atoms with Gasteiger partial charge < -0.3 is 14.6 Å². The zero-order chi connectivity index (χ0) is 15.7. The molecule has 0 bridgehead atoms. The van der Waals surface area contributed by atoms with Crippen LogP contribution in [0.15, 0.2) is 36.4 Å². The lowest BCUT2D eigenvalue weighted by molar-refractivity contribution is -0.160. The van der Waals surface area contributed by atoms with E-state index in [9.17, 15) is 4.79 Å². The van der Waals surface area contributed by atoms with E-state index >= 15 is 0 Å². The van der Waals surface area contributed by atoms with Crippen LogP contribution in [0.4, 0.5) is 0 Å². The highest BCUT2D eigenvalue weighted by molar-refractivity contribution is 5.77. The van der Waals surface area contributed by atoms with Crippen LogP contribution in [0.2, 0.25) is 0 Å². The summed E-state index contributed by atoms with van der Waals surface area (Å²) in [4.78, 5) is 12.1. The molecular formula is C17H24O4. The van der Waals surface area contributed by atoms with Crippen LogP contribution in [-0.2, 0) is 14.3 Å². The Hall–Kier alpha value is -1.65. The third-order valence-electron chi connectivity index (χ3n) is 3.16. The van der Waals surface area contributed by atoms with Crippen LogP contribution in [0, 0.1) is 5.41 Å². The summed E-state index contributed by atoms with van der Waals surface area (Å²) < 4.78 is 10.7. The van der Waals surface area contributed by atoms with Gasteiger partial charge in [0.05, 0.1) is 31.3 Å². The van der Waals surface area contributed by atoms with Crippen LogP contribution >= 0.6 is 0 Å². The lowest BCUT2D eigenvalue weighted by atomic mass is 9.86. The maximum absolute atomic E-state index is 12.1. The number of rotatable bonds is 8. The van der Waals surface area contributed by atoms with E-state index in [4.69, 9.17) is 14.6 Å². The molecule has 21 heavy (non-hydrogen) atoms. The molecule has 0 saturated carbocycles. The van der Waals surface area contributed by atoms with E-state index in [-0.39, 0.29) is 19.2 Å². The highest BCUT2D eigenvalue weighted by Crippen LogP contribution is 2.27. The molecule has 0 radical (unpaired) electrons. The molecule has 1 atom stereocenters. The van der Waals surface area contributed by atoms with Crippen molar-refractivity contribution in [2.24, 2.45) is 5.41 Å². The Morgan fingerprint density at radius 3 is 2.57 bits per heavy atom. The molecule has 4 heteroatoms. The Bertz CT molecular complexity index is 451. The fourth-order valence-electron chi connectivity index (χ4n) is 1.88. The molecule has 0 amide bonds. The summed E-state index contributed by atoms with van der Waals surface area (Å²) in [6.45, 7) is 5.75. The van der Waals surface area contributed by atoms with Crippen molar-refractivity contribution in [2.75, 3.05) is 19.8 Å².